The van der Waals surface area contributed by atoms with Crippen LogP contribution in [-0.4, -0.2) is 61.4 Å². The number of rotatable bonds is 8. The third kappa shape index (κ3) is 6.02. The summed E-state index contributed by atoms with van der Waals surface area (Å²) in [7, 11) is 1.62. The molecule has 7 heteroatoms. The Labute approximate surface area is 194 Å². The fourth-order valence-electron chi connectivity index (χ4n) is 4.10. The van der Waals surface area contributed by atoms with Crippen LogP contribution in [0.2, 0.25) is 0 Å². The van der Waals surface area contributed by atoms with Gasteiger partial charge in [-0.3, -0.25) is 14.5 Å². The molecule has 0 unspecified atom stereocenters. The van der Waals surface area contributed by atoms with Crippen LogP contribution >= 0.6 is 0 Å². The second kappa shape index (κ2) is 10.8. The Hall–Kier alpha value is -3.58. The van der Waals surface area contributed by atoms with Gasteiger partial charge >= 0.3 is 0 Å². The number of hydrogen-bond donors (Lipinski definition) is 1. The fourth-order valence-corrected chi connectivity index (χ4v) is 4.10. The zero-order valence-corrected chi connectivity index (χ0v) is 18.9. The van der Waals surface area contributed by atoms with E-state index >= 15 is 0 Å². The molecule has 7 nitrogen and oxygen atoms in total. The Kier molecular flexibility index (Phi) is 7.42. The van der Waals surface area contributed by atoms with E-state index in [9.17, 15) is 9.59 Å². The number of furan rings is 1. The molecule has 1 aliphatic rings. The number of piperazine rings is 1. The van der Waals surface area contributed by atoms with E-state index in [1.165, 1.54) is 5.69 Å². The molecule has 1 N–H and O–H groups in total. The SMILES string of the molecule is CNC(=O)c1ccc(CN(CC(=O)N2CCN(c3ccccc3)CC2)Cc2ccco2)cc1. The maximum absolute atomic E-state index is 13.1. The lowest BCUT2D eigenvalue weighted by Crippen LogP contribution is -2.51. The molecule has 0 spiro atoms. The van der Waals surface area contributed by atoms with Crippen molar-refractivity contribution in [3.63, 3.8) is 0 Å². The molecule has 2 heterocycles. The number of anilines is 1. The maximum Gasteiger partial charge on any atom is 0.251 e. The van der Waals surface area contributed by atoms with Crippen molar-refractivity contribution in [2.45, 2.75) is 13.1 Å². The number of nitrogens with zero attached hydrogens (tertiary/aromatic N) is 3. The molecular formula is C26H30N4O3. The van der Waals surface area contributed by atoms with Gasteiger partial charge in [0, 0.05) is 51.0 Å². The molecule has 1 aliphatic heterocycles. The zero-order valence-electron chi connectivity index (χ0n) is 18.9. The van der Waals surface area contributed by atoms with Gasteiger partial charge in [0.2, 0.25) is 5.91 Å². The van der Waals surface area contributed by atoms with Crippen LogP contribution < -0.4 is 10.2 Å². The first-order chi connectivity index (χ1) is 16.1. The molecule has 2 aromatic carbocycles. The van der Waals surface area contributed by atoms with Crippen molar-refractivity contribution in [3.05, 3.63) is 89.9 Å². The van der Waals surface area contributed by atoms with Gasteiger partial charge in [0.15, 0.2) is 0 Å². The van der Waals surface area contributed by atoms with Gasteiger partial charge in [0.1, 0.15) is 5.76 Å². The monoisotopic (exact) mass is 446 g/mol. The summed E-state index contributed by atoms with van der Waals surface area (Å²) in [6.45, 7) is 4.52. The number of hydrogen-bond acceptors (Lipinski definition) is 5. The minimum atomic E-state index is -0.112. The van der Waals surface area contributed by atoms with Crippen molar-refractivity contribution in [1.82, 2.24) is 15.1 Å². The van der Waals surface area contributed by atoms with Gasteiger partial charge in [0.25, 0.3) is 5.91 Å². The molecule has 1 aromatic heterocycles. The number of para-hydroxylation sites is 1. The smallest absolute Gasteiger partial charge is 0.251 e. The lowest BCUT2D eigenvalue weighted by Gasteiger charge is -2.37. The predicted octanol–water partition coefficient (Wildman–Crippen LogP) is 2.99. The van der Waals surface area contributed by atoms with Gasteiger partial charge in [-0.05, 0) is 42.0 Å². The quantitative estimate of drug-likeness (QED) is 0.576. The third-order valence-electron chi connectivity index (χ3n) is 5.92. The fraction of sp³-hybridized carbons (Fsp3) is 0.308. The topological polar surface area (TPSA) is 69.0 Å². The van der Waals surface area contributed by atoms with Gasteiger partial charge in [-0.25, -0.2) is 0 Å². The summed E-state index contributed by atoms with van der Waals surface area (Å²) in [6.07, 6.45) is 1.65. The molecule has 1 saturated heterocycles. The summed E-state index contributed by atoms with van der Waals surface area (Å²) in [5.41, 5.74) is 2.85. The van der Waals surface area contributed by atoms with Gasteiger partial charge in [-0.15, -0.1) is 0 Å². The van der Waals surface area contributed by atoms with E-state index in [0.717, 1.165) is 24.4 Å². The van der Waals surface area contributed by atoms with E-state index in [4.69, 9.17) is 4.42 Å². The van der Waals surface area contributed by atoms with Gasteiger partial charge in [-0.2, -0.15) is 0 Å². The third-order valence-corrected chi connectivity index (χ3v) is 5.92. The second-order valence-corrected chi connectivity index (χ2v) is 8.20. The minimum Gasteiger partial charge on any atom is -0.468 e. The molecule has 0 bridgehead atoms. The van der Waals surface area contributed by atoms with Crippen molar-refractivity contribution in [3.8, 4) is 0 Å². The second-order valence-electron chi connectivity index (χ2n) is 8.20. The average molecular weight is 447 g/mol. The van der Waals surface area contributed by atoms with Crippen molar-refractivity contribution >= 4 is 17.5 Å². The van der Waals surface area contributed by atoms with Gasteiger partial charge in [-0.1, -0.05) is 30.3 Å². The normalized spacial score (nSPS) is 13.9. The molecule has 1 fully saturated rings. The lowest BCUT2D eigenvalue weighted by molar-refractivity contribution is -0.133. The molecule has 0 radical (unpaired) electrons. The summed E-state index contributed by atoms with van der Waals surface area (Å²) in [4.78, 5) is 31.3. The molecule has 2 amide bonds. The summed E-state index contributed by atoms with van der Waals surface area (Å²) in [5, 5.41) is 2.63. The zero-order chi connectivity index (χ0) is 23.0. The van der Waals surface area contributed by atoms with E-state index in [0.29, 0.717) is 38.3 Å². The van der Waals surface area contributed by atoms with Crippen molar-refractivity contribution in [2.75, 3.05) is 44.7 Å². The van der Waals surface area contributed by atoms with Crippen LogP contribution in [0.3, 0.4) is 0 Å². The summed E-state index contributed by atoms with van der Waals surface area (Å²) < 4.78 is 5.53. The standard InChI is InChI=1S/C26H30N4O3/c1-27-26(32)22-11-9-21(10-12-22)18-28(19-24-8-5-17-33-24)20-25(31)30-15-13-29(14-16-30)23-6-3-2-4-7-23/h2-12,17H,13-16,18-20H2,1H3,(H,27,32). The van der Waals surface area contributed by atoms with Crippen LogP contribution in [0.1, 0.15) is 21.7 Å². The first-order valence-corrected chi connectivity index (χ1v) is 11.3. The van der Waals surface area contributed by atoms with Crippen LogP contribution in [-0.2, 0) is 17.9 Å². The molecule has 33 heavy (non-hydrogen) atoms. The Morgan fingerprint density at radius 3 is 2.27 bits per heavy atom. The lowest BCUT2D eigenvalue weighted by atomic mass is 10.1. The van der Waals surface area contributed by atoms with E-state index in [1.807, 2.05) is 59.5 Å². The highest BCUT2D eigenvalue weighted by molar-refractivity contribution is 5.93. The molecule has 0 atom stereocenters. The van der Waals surface area contributed by atoms with Gasteiger partial charge < -0.3 is 19.5 Å². The van der Waals surface area contributed by atoms with Crippen molar-refractivity contribution in [2.24, 2.45) is 0 Å². The average Bonchev–Trinajstić information content (AvgIpc) is 3.37. The molecule has 0 saturated carbocycles. The Bertz CT molecular complexity index is 1030. The van der Waals surface area contributed by atoms with E-state index in [2.05, 4.69) is 27.2 Å². The van der Waals surface area contributed by atoms with E-state index < -0.39 is 0 Å². The molecular weight excluding hydrogens is 416 g/mol. The largest absolute Gasteiger partial charge is 0.468 e. The first-order valence-electron chi connectivity index (χ1n) is 11.3. The highest BCUT2D eigenvalue weighted by atomic mass is 16.3. The van der Waals surface area contributed by atoms with Crippen molar-refractivity contribution < 1.29 is 14.0 Å². The molecule has 172 valence electrons. The number of amides is 2. The van der Waals surface area contributed by atoms with E-state index in [1.54, 1.807) is 13.3 Å². The minimum absolute atomic E-state index is 0.112. The van der Waals surface area contributed by atoms with Gasteiger partial charge in [0.05, 0.1) is 19.4 Å². The predicted molar refractivity (Wildman–Crippen MR) is 128 cm³/mol. The number of carbonyl (C=O) groups is 2. The molecule has 4 rings (SSSR count). The number of carbonyl (C=O) groups excluding carboxylic acids is 2. The highest BCUT2D eigenvalue weighted by Crippen LogP contribution is 2.17. The number of nitrogens with one attached hydrogen (secondary N) is 1. The Morgan fingerprint density at radius 1 is 0.909 bits per heavy atom. The number of benzene rings is 2. The maximum atomic E-state index is 13.1. The van der Waals surface area contributed by atoms with Crippen LogP contribution in [0.5, 0.6) is 0 Å². The van der Waals surface area contributed by atoms with Crippen LogP contribution in [0.15, 0.2) is 77.4 Å². The summed E-state index contributed by atoms with van der Waals surface area (Å²) in [6, 6.07) is 21.6. The summed E-state index contributed by atoms with van der Waals surface area (Å²) in [5.74, 6) is 0.828. The van der Waals surface area contributed by atoms with Crippen LogP contribution in [0.25, 0.3) is 0 Å². The first kappa shape index (κ1) is 22.6. The Morgan fingerprint density at radius 2 is 1.64 bits per heavy atom. The molecule has 3 aromatic rings. The Balaban J connectivity index is 1.38. The van der Waals surface area contributed by atoms with Crippen molar-refractivity contribution in [1.29, 1.82) is 0 Å². The highest BCUT2D eigenvalue weighted by Gasteiger charge is 2.23. The summed E-state index contributed by atoms with van der Waals surface area (Å²) >= 11 is 0. The molecule has 0 aliphatic carbocycles. The van der Waals surface area contributed by atoms with E-state index in [-0.39, 0.29) is 11.8 Å². The van der Waals surface area contributed by atoms with Crippen LogP contribution in [0, 0.1) is 0 Å². The van der Waals surface area contributed by atoms with Crippen LogP contribution in [0.4, 0.5) is 5.69 Å².